The van der Waals surface area contributed by atoms with Crippen LogP contribution in [-0.2, 0) is 0 Å². The summed E-state index contributed by atoms with van der Waals surface area (Å²) >= 11 is 0. The maximum Gasteiger partial charge on any atom is 0.115 e. The van der Waals surface area contributed by atoms with Crippen LogP contribution >= 0.6 is 0 Å². The predicted molar refractivity (Wildman–Crippen MR) is 45.1 cm³/mol. The molecule has 0 bridgehead atoms. The first kappa shape index (κ1) is 8.98. The quantitative estimate of drug-likeness (QED) is 0.656. The van der Waals surface area contributed by atoms with Crippen molar-refractivity contribution in [3.63, 3.8) is 0 Å². The Morgan fingerprint density at radius 1 is 1.36 bits per heavy atom. The van der Waals surface area contributed by atoms with Crippen LogP contribution in [0.1, 0.15) is 32.6 Å². The van der Waals surface area contributed by atoms with Gasteiger partial charge < -0.3 is 5.73 Å². The Balaban J connectivity index is 2.27. The molecule has 0 heterocycles. The summed E-state index contributed by atoms with van der Waals surface area (Å²) in [5.41, 5.74) is 5.26. The molecule has 0 aromatic heterocycles. The third kappa shape index (κ3) is 2.44. The fourth-order valence-electron chi connectivity index (χ4n) is 1.84. The Bertz CT molecular complexity index is 108. The van der Waals surface area contributed by atoms with E-state index in [9.17, 15) is 4.39 Å². The molecule has 0 aromatic carbocycles. The summed E-state index contributed by atoms with van der Waals surface area (Å²) in [7, 11) is 0. The minimum Gasteiger partial charge on any atom is -0.328 e. The lowest BCUT2D eigenvalue weighted by atomic mass is 9.81. The smallest absolute Gasteiger partial charge is 0.115 e. The Morgan fingerprint density at radius 3 is 2.36 bits per heavy atom. The highest BCUT2D eigenvalue weighted by Crippen LogP contribution is 2.31. The Hall–Kier alpha value is -0.110. The zero-order chi connectivity index (χ0) is 8.27. The van der Waals surface area contributed by atoms with Gasteiger partial charge in [-0.3, -0.25) is 0 Å². The van der Waals surface area contributed by atoms with Crippen molar-refractivity contribution in [3.05, 3.63) is 0 Å². The van der Waals surface area contributed by atoms with E-state index in [-0.39, 0.29) is 12.5 Å². The van der Waals surface area contributed by atoms with Gasteiger partial charge in [0.15, 0.2) is 0 Å². The first-order valence-corrected chi connectivity index (χ1v) is 4.58. The highest BCUT2D eigenvalue weighted by atomic mass is 19.1. The molecule has 66 valence electrons. The average Bonchev–Trinajstić information content (AvgIpc) is 2.05. The molecule has 0 saturated heterocycles. The second-order valence-electron chi connectivity index (χ2n) is 3.77. The molecule has 0 radical (unpaired) electrons. The van der Waals surface area contributed by atoms with Crippen molar-refractivity contribution in [2.45, 2.75) is 38.8 Å². The molecule has 1 aliphatic carbocycles. The van der Waals surface area contributed by atoms with Crippen molar-refractivity contribution in [3.8, 4) is 0 Å². The highest BCUT2D eigenvalue weighted by Gasteiger charge is 2.24. The normalized spacial score (nSPS) is 35.2. The van der Waals surface area contributed by atoms with E-state index in [1.54, 1.807) is 0 Å². The molecular weight excluding hydrogens is 141 g/mol. The number of hydrogen-bond donors (Lipinski definition) is 1. The monoisotopic (exact) mass is 159 g/mol. The lowest BCUT2D eigenvalue weighted by Gasteiger charge is -2.27. The van der Waals surface area contributed by atoms with Crippen molar-refractivity contribution >= 4 is 0 Å². The van der Waals surface area contributed by atoms with Gasteiger partial charge >= 0.3 is 0 Å². The van der Waals surface area contributed by atoms with Crippen molar-refractivity contribution < 1.29 is 4.39 Å². The van der Waals surface area contributed by atoms with Crippen LogP contribution in [0.4, 0.5) is 4.39 Å². The van der Waals surface area contributed by atoms with Gasteiger partial charge in [0.25, 0.3) is 0 Å². The van der Waals surface area contributed by atoms with Crippen molar-refractivity contribution in [2.24, 2.45) is 17.6 Å². The van der Waals surface area contributed by atoms with Gasteiger partial charge in [0.2, 0.25) is 0 Å². The standard InChI is InChI=1S/C9H18FN/c1-7-2-4-8(5-3-7)9(10)6-11/h7-9H,2-6,11H2,1H3. The molecule has 1 atom stereocenters. The van der Waals surface area contributed by atoms with E-state index in [1.807, 2.05) is 0 Å². The molecule has 1 unspecified atom stereocenters. The number of rotatable bonds is 2. The lowest BCUT2D eigenvalue weighted by molar-refractivity contribution is 0.166. The van der Waals surface area contributed by atoms with Gasteiger partial charge in [-0.2, -0.15) is 0 Å². The van der Waals surface area contributed by atoms with E-state index in [2.05, 4.69) is 6.92 Å². The maximum atomic E-state index is 13.0. The van der Waals surface area contributed by atoms with Gasteiger partial charge in [0, 0.05) is 6.54 Å². The zero-order valence-electron chi connectivity index (χ0n) is 7.22. The highest BCUT2D eigenvalue weighted by molar-refractivity contribution is 4.76. The van der Waals surface area contributed by atoms with Crippen molar-refractivity contribution in [1.29, 1.82) is 0 Å². The molecular formula is C9H18FN. The molecule has 1 rings (SSSR count). The third-order valence-electron chi connectivity index (χ3n) is 2.80. The second kappa shape index (κ2) is 4.05. The van der Waals surface area contributed by atoms with E-state index in [1.165, 1.54) is 12.8 Å². The van der Waals surface area contributed by atoms with E-state index in [0.29, 0.717) is 0 Å². The van der Waals surface area contributed by atoms with Crippen LogP contribution < -0.4 is 5.73 Å². The van der Waals surface area contributed by atoms with Gasteiger partial charge in [-0.05, 0) is 24.7 Å². The number of alkyl halides is 1. The molecule has 0 aliphatic heterocycles. The summed E-state index contributed by atoms with van der Waals surface area (Å²) in [5, 5.41) is 0. The van der Waals surface area contributed by atoms with Crippen LogP contribution in [0.3, 0.4) is 0 Å². The summed E-state index contributed by atoms with van der Waals surface area (Å²) in [5.74, 6) is 1.06. The minimum absolute atomic E-state index is 0.207. The summed E-state index contributed by atoms with van der Waals surface area (Å²) in [6.07, 6.45) is 3.71. The largest absolute Gasteiger partial charge is 0.328 e. The summed E-state index contributed by atoms with van der Waals surface area (Å²) < 4.78 is 13.0. The van der Waals surface area contributed by atoms with Gasteiger partial charge in [0.1, 0.15) is 6.17 Å². The summed E-state index contributed by atoms with van der Waals surface area (Å²) in [4.78, 5) is 0. The molecule has 1 fully saturated rings. The summed E-state index contributed by atoms with van der Waals surface area (Å²) in [6, 6.07) is 0. The maximum absolute atomic E-state index is 13.0. The fourth-order valence-corrected chi connectivity index (χ4v) is 1.84. The lowest BCUT2D eigenvalue weighted by Crippen LogP contribution is -2.28. The predicted octanol–water partition coefficient (Wildman–Crippen LogP) is 2.11. The van der Waals surface area contributed by atoms with Gasteiger partial charge in [0.05, 0.1) is 0 Å². The van der Waals surface area contributed by atoms with Gasteiger partial charge in [-0.1, -0.05) is 19.8 Å². The Morgan fingerprint density at radius 2 is 1.91 bits per heavy atom. The average molecular weight is 159 g/mol. The molecule has 2 heteroatoms. The second-order valence-corrected chi connectivity index (χ2v) is 3.77. The van der Waals surface area contributed by atoms with E-state index in [4.69, 9.17) is 5.73 Å². The number of nitrogens with two attached hydrogens (primary N) is 1. The first-order chi connectivity index (χ1) is 5.24. The van der Waals surface area contributed by atoms with Crippen LogP contribution in [-0.4, -0.2) is 12.7 Å². The topological polar surface area (TPSA) is 26.0 Å². The first-order valence-electron chi connectivity index (χ1n) is 4.58. The Kier molecular flexibility index (Phi) is 3.31. The third-order valence-corrected chi connectivity index (χ3v) is 2.80. The fraction of sp³-hybridized carbons (Fsp3) is 1.00. The molecule has 1 saturated carbocycles. The molecule has 2 N–H and O–H groups in total. The zero-order valence-corrected chi connectivity index (χ0v) is 7.22. The van der Waals surface area contributed by atoms with Crippen LogP contribution in [0, 0.1) is 11.8 Å². The van der Waals surface area contributed by atoms with Crippen LogP contribution in [0.5, 0.6) is 0 Å². The van der Waals surface area contributed by atoms with Gasteiger partial charge in [-0.25, -0.2) is 4.39 Å². The molecule has 1 aliphatic rings. The minimum atomic E-state index is -0.748. The van der Waals surface area contributed by atoms with Crippen molar-refractivity contribution in [2.75, 3.05) is 6.54 Å². The molecule has 0 aromatic rings. The number of halogens is 1. The molecule has 1 nitrogen and oxygen atoms in total. The van der Waals surface area contributed by atoms with Crippen molar-refractivity contribution in [1.82, 2.24) is 0 Å². The SMILES string of the molecule is CC1CCC(C(F)CN)CC1. The van der Waals surface area contributed by atoms with E-state index in [0.717, 1.165) is 18.8 Å². The van der Waals surface area contributed by atoms with Crippen LogP contribution in [0.15, 0.2) is 0 Å². The molecule has 0 spiro atoms. The van der Waals surface area contributed by atoms with Gasteiger partial charge in [-0.15, -0.1) is 0 Å². The number of hydrogen-bond acceptors (Lipinski definition) is 1. The van der Waals surface area contributed by atoms with E-state index >= 15 is 0 Å². The molecule has 0 amide bonds. The van der Waals surface area contributed by atoms with E-state index < -0.39 is 6.17 Å². The Labute approximate surface area is 68.2 Å². The summed E-state index contributed by atoms with van der Waals surface area (Å²) in [6.45, 7) is 2.45. The molecule has 11 heavy (non-hydrogen) atoms. The van der Waals surface area contributed by atoms with Crippen LogP contribution in [0.25, 0.3) is 0 Å². The van der Waals surface area contributed by atoms with Crippen LogP contribution in [0.2, 0.25) is 0 Å².